The van der Waals surface area contributed by atoms with Gasteiger partial charge in [-0.25, -0.2) is 0 Å². The molecule has 2 nitrogen and oxygen atoms in total. The molecule has 1 aliphatic carbocycles. The number of rotatable bonds is 3. The molecule has 1 atom stereocenters. The van der Waals surface area contributed by atoms with Crippen molar-refractivity contribution >= 4 is 11.3 Å². The van der Waals surface area contributed by atoms with Gasteiger partial charge in [-0.15, -0.1) is 11.3 Å². The fourth-order valence-electron chi connectivity index (χ4n) is 4.09. The van der Waals surface area contributed by atoms with Crippen molar-refractivity contribution in [2.75, 3.05) is 13.1 Å². The van der Waals surface area contributed by atoms with Crippen LogP contribution in [0.5, 0.6) is 0 Å². The maximum atomic E-state index is 6.74. The number of aryl methyl sites for hydroxylation is 1. The third-order valence-electron chi connectivity index (χ3n) is 5.14. The average molecular weight is 278 g/mol. The number of hydrogen-bond acceptors (Lipinski definition) is 3. The molecule has 0 bridgehead atoms. The summed E-state index contributed by atoms with van der Waals surface area (Å²) in [6, 6.07) is 2.51. The number of hydrogen-bond donors (Lipinski definition) is 1. The molecule has 1 aromatic rings. The van der Waals surface area contributed by atoms with Crippen molar-refractivity contribution in [2.45, 2.75) is 63.5 Å². The lowest BCUT2D eigenvalue weighted by atomic mass is 9.82. The van der Waals surface area contributed by atoms with Crippen LogP contribution in [0.1, 0.15) is 61.4 Å². The fourth-order valence-corrected chi connectivity index (χ4v) is 4.83. The Bertz CT molecular complexity index is 414. The minimum atomic E-state index is 0.207. The first-order chi connectivity index (χ1) is 9.22. The normalized spacial score (nSPS) is 25.6. The Morgan fingerprint density at radius 2 is 1.84 bits per heavy atom. The van der Waals surface area contributed by atoms with Gasteiger partial charge < -0.3 is 5.73 Å². The molecule has 2 fully saturated rings. The second kappa shape index (κ2) is 5.55. The molecule has 2 aliphatic rings. The lowest BCUT2D eigenvalue weighted by molar-refractivity contribution is 0.0479. The molecule has 2 heterocycles. The van der Waals surface area contributed by atoms with Crippen LogP contribution in [-0.4, -0.2) is 23.5 Å². The third kappa shape index (κ3) is 2.48. The summed E-state index contributed by atoms with van der Waals surface area (Å²) in [7, 11) is 0. The van der Waals surface area contributed by atoms with Crippen LogP contribution in [0.3, 0.4) is 0 Å². The van der Waals surface area contributed by atoms with Gasteiger partial charge in [0.1, 0.15) is 0 Å². The van der Waals surface area contributed by atoms with Crippen molar-refractivity contribution in [1.29, 1.82) is 0 Å². The van der Waals surface area contributed by atoms with E-state index in [1.54, 1.807) is 0 Å². The second-order valence-corrected chi connectivity index (χ2v) is 7.44. The van der Waals surface area contributed by atoms with E-state index in [0.29, 0.717) is 0 Å². The van der Waals surface area contributed by atoms with Crippen LogP contribution in [0.2, 0.25) is 0 Å². The average Bonchev–Trinajstić information content (AvgIpc) is 3.08. The van der Waals surface area contributed by atoms with E-state index in [0.717, 1.165) is 0 Å². The van der Waals surface area contributed by atoms with Crippen LogP contribution in [0.25, 0.3) is 0 Å². The summed E-state index contributed by atoms with van der Waals surface area (Å²) in [5, 5.41) is 2.28. The summed E-state index contributed by atoms with van der Waals surface area (Å²) < 4.78 is 0. The highest BCUT2D eigenvalue weighted by molar-refractivity contribution is 7.10. The highest BCUT2D eigenvalue weighted by atomic mass is 32.1. The largest absolute Gasteiger partial charge is 0.322 e. The van der Waals surface area contributed by atoms with E-state index in [2.05, 4.69) is 23.3 Å². The summed E-state index contributed by atoms with van der Waals surface area (Å²) in [4.78, 5) is 4.12. The van der Waals surface area contributed by atoms with Crippen LogP contribution in [0.4, 0.5) is 0 Å². The smallest absolute Gasteiger partial charge is 0.0490 e. The second-order valence-electron chi connectivity index (χ2n) is 6.33. The molecule has 1 aromatic heterocycles. The first-order valence-electron chi connectivity index (χ1n) is 7.78. The molecule has 0 spiro atoms. The number of likely N-dealkylation sites (tertiary alicyclic amines) is 1. The van der Waals surface area contributed by atoms with Gasteiger partial charge in [-0.1, -0.05) is 19.3 Å². The molecule has 1 saturated heterocycles. The van der Waals surface area contributed by atoms with Crippen LogP contribution in [0, 0.1) is 6.92 Å². The summed E-state index contributed by atoms with van der Waals surface area (Å²) in [5.74, 6) is 0. The Hall–Kier alpha value is -0.380. The third-order valence-corrected chi connectivity index (χ3v) is 6.02. The van der Waals surface area contributed by atoms with Crippen molar-refractivity contribution in [1.82, 2.24) is 4.90 Å². The number of thiophene rings is 1. The zero-order valence-corrected chi connectivity index (χ0v) is 12.8. The first-order valence-corrected chi connectivity index (χ1v) is 8.66. The fraction of sp³-hybridized carbons (Fsp3) is 0.750. The van der Waals surface area contributed by atoms with Crippen molar-refractivity contribution in [3.05, 3.63) is 21.9 Å². The number of nitrogens with two attached hydrogens (primary N) is 1. The first kappa shape index (κ1) is 13.6. The summed E-state index contributed by atoms with van der Waals surface area (Å²) in [5.41, 5.74) is 8.37. The van der Waals surface area contributed by atoms with Gasteiger partial charge in [-0.05, 0) is 62.7 Å². The van der Waals surface area contributed by atoms with Gasteiger partial charge in [-0.3, -0.25) is 4.90 Å². The van der Waals surface area contributed by atoms with Gasteiger partial charge in [0.25, 0.3) is 0 Å². The molecule has 0 radical (unpaired) electrons. The monoisotopic (exact) mass is 278 g/mol. The summed E-state index contributed by atoms with van der Waals surface area (Å²) >= 11 is 1.84. The molecule has 1 unspecified atom stereocenters. The summed E-state index contributed by atoms with van der Waals surface area (Å²) in [6.07, 6.45) is 9.42. The SMILES string of the molecule is Cc1cc(C(N)C2(N3CCCCC3)CCCC2)cs1. The number of piperidine rings is 1. The van der Waals surface area contributed by atoms with Crippen molar-refractivity contribution < 1.29 is 0 Å². The van der Waals surface area contributed by atoms with Gasteiger partial charge >= 0.3 is 0 Å². The van der Waals surface area contributed by atoms with E-state index in [-0.39, 0.29) is 11.6 Å². The van der Waals surface area contributed by atoms with Crippen LogP contribution < -0.4 is 5.73 Å². The van der Waals surface area contributed by atoms with Crippen molar-refractivity contribution in [2.24, 2.45) is 5.73 Å². The van der Waals surface area contributed by atoms with Crippen molar-refractivity contribution in [3.63, 3.8) is 0 Å². The van der Waals surface area contributed by atoms with Crippen molar-refractivity contribution in [3.8, 4) is 0 Å². The molecule has 1 aliphatic heterocycles. The van der Waals surface area contributed by atoms with E-state index < -0.39 is 0 Å². The Morgan fingerprint density at radius 1 is 1.16 bits per heavy atom. The maximum absolute atomic E-state index is 6.74. The van der Waals surface area contributed by atoms with Gasteiger partial charge in [0.05, 0.1) is 0 Å². The van der Waals surface area contributed by atoms with Crippen LogP contribution >= 0.6 is 11.3 Å². The van der Waals surface area contributed by atoms with E-state index in [1.165, 1.54) is 68.5 Å². The van der Waals surface area contributed by atoms with E-state index in [1.807, 2.05) is 11.3 Å². The molecule has 3 heteroatoms. The molecule has 19 heavy (non-hydrogen) atoms. The molecule has 106 valence electrons. The Kier molecular flexibility index (Phi) is 3.97. The standard InChI is InChI=1S/C16H26N2S/c1-13-11-14(12-19-13)15(17)16(7-3-4-8-16)18-9-5-2-6-10-18/h11-12,15H,2-10,17H2,1H3. The topological polar surface area (TPSA) is 29.3 Å². The molecule has 1 saturated carbocycles. The Labute approximate surface area is 121 Å². The highest BCUT2D eigenvalue weighted by Crippen LogP contribution is 2.45. The predicted molar refractivity (Wildman–Crippen MR) is 82.6 cm³/mol. The predicted octanol–water partition coefficient (Wildman–Crippen LogP) is 3.86. The van der Waals surface area contributed by atoms with E-state index >= 15 is 0 Å². The quantitative estimate of drug-likeness (QED) is 0.910. The van der Waals surface area contributed by atoms with Crippen LogP contribution in [-0.2, 0) is 0 Å². The van der Waals surface area contributed by atoms with E-state index in [9.17, 15) is 0 Å². The van der Waals surface area contributed by atoms with Crippen LogP contribution in [0.15, 0.2) is 11.4 Å². The Balaban J connectivity index is 1.86. The maximum Gasteiger partial charge on any atom is 0.0490 e. The van der Waals surface area contributed by atoms with Gasteiger partial charge in [-0.2, -0.15) is 0 Å². The minimum Gasteiger partial charge on any atom is -0.322 e. The molecule has 3 rings (SSSR count). The van der Waals surface area contributed by atoms with Gasteiger partial charge in [0, 0.05) is 16.5 Å². The zero-order valence-electron chi connectivity index (χ0n) is 12.0. The zero-order chi connectivity index (χ0) is 13.3. The lowest BCUT2D eigenvalue weighted by Crippen LogP contribution is -2.55. The highest BCUT2D eigenvalue weighted by Gasteiger charge is 2.45. The molecule has 0 aromatic carbocycles. The molecule has 2 N–H and O–H groups in total. The summed E-state index contributed by atoms with van der Waals surface area (Å²) in [6.45, 7) is 4.71. The van der Waals surface area contributed by atoms with Gasteiger partial charge in [0.2, 0.25) is 0 Å². The number of nitrogens with zero attached hydrogens (tertiary/aromatic N) is 1. The lowest BCUT2D eigenvalue weighted by Gasteiger charge is -2.47. The molecular formula is C16H26N2S. The molecular weight excluding hydrogens is 252 g/mol. The Morgan fingerprint density at radius 3 is 2.42 bits per heavy atom. The minimum absolute atomic E-state index is 0.207. The van der Waals surface area contributed by atoms with E-state index in [4.69, 9.17) is 5.73 Å². The molecule has 0 amide bonds. The van der Waals surface area contributed by atoms with Gasteiger partial charge in [0.15, 0.2) is 0 Å².